The van der Waals surface area contributed by atoms with Gasteiger partial charge in [-0.1, -0.05) is 30.3 Å². The first-order valence-electron chi connectivity index (χ1n) is 8.61. The highest BCUT2D eigenvalue weighted by molar-refractivity contribution is 6.63. The van der Waals surface area contributed by atoms with Gasteiger partial charge in [0, 0.05) is 0 Å². The Labute approximate surface area is 167 Å². The summed E-state index contributed by atoms with van der Waals surface area (Å²) in [7, 11) is 0.977. The highest BCUT2D eigenvalue weighted by Crippen LogP contribution is 2.10. The van der Waals surface area contributed by atoms with Crippen molar-refractivity contribution in [3.05, 3.63) is 41.4 Å². The number of nitrogens with one attached hydrogen (secondary N) is 1. The minimum atomic E-state index is -1.57. The number of Topliss-reactive ketones (excluding diaryl/α,β-unsaturated/α-hetero) is 1. The Balaban J connectivity index is 2.92. The summed E-state index contributed by atoms with van der Waals surface area (Å²) < 4.78 is 14.5. The Morgan fingerprint density at radius 3 is 2.28 bits per heavy atom. The van der Waals surface area contributed by atoms with Crippen LogP contribution in [0.15, 0.2) is 30.3 Å². The molecule has 29 heavy (non-hydrogen) atoms. The molecule has 1 atom stereocenters. The van der Waals surface area contributed by atoms with Gasteiger partial charge in [-0.2, -0.15) is 4.79 Å². The minimum absolute atomic E-state index is 0.0853. The topological polar surface area (TPSA) is 144 Å². The second-order valence-corrected chi connectivity index (χ2v) is 6.85. The van der Waals surface area contributed by atoms with Gasteiger partial charge in [0.2, 0.25) is 0 Å². The van der Waals surface area contributed by atoms with Crippen molar-refractivity contribution in [3.8, 4) is 0 Å². The molecule has 0 unspecified atom stereocenters. The number of hydrogen-bond acceptors (Lipinski definition) is 7. The van der Waals surface area contributed by atoms with Crippen molar-refractivity contribution in [1.29, 1.82) is 0 Å². The number of rotatable bonds is 8. The summed E-state index contributed by atoms with van der Waals surface area (Å²) in [6.45, 7) is 4.78. The van der Waals surface area contributed by atoms with Crippen molar-refractivity contribution in [1.82, 2.24) is 5.32 Å². The fourth-order valence-electron chi connectivity index (χ4n) is 2.12. The van der Waals surface area contributed by atoms with Gasteiger partial charge in [-0.15, -0.1) is 0 Å². The Morgan fingerprint density at radius 2 is 1.76 bits per heavy atom. The van der Waals surface area contributed by atoms with E-state index in [-0.39, 0.29) is 6.61 Å². The summed E-state index contributed by atoms with van der Waals surface area (Å²) in [5.74, 6) is -3.19. The van der Waals surface area contributed by atoms with Crippen LogP contribution in [0.4, 0.5) is 4.79 Å². The van der Waals surface area contributed by atoms with Gasteiger partial charge in [0.05, 0.1) is 13.5 Å². The van der Waals surface area contributed by atoms with Crippen molar-refractivity contribution in [2.24, 2.45) is 0 Å². The Morgan fingerprint density at radius 1 is 1.14 bits per heavy atom. The monoisotopic (exact) mass is 405 g/mol. The van der Waals surface area contributed by atoms with E-state index in [2.05, 4.69) is 14.8 Å². The smallest absolute Gasteiger partial charge is 0.443 e. The zero-order chi connectivity index (χ0) is 22.0. The molecule has 1 N–H and O–H groups in total. The molecule has 10 heteroatoms. The molecule has 156 valence electrons. The van der Waals surface area contributed by atoms with Crippen LogP contribution in [0.1, 0.15) is 32.8 Å². The Hall–Kier alpha value is -3.52. The van der Waals surface area contributed by atoms with Crippen LogP contribution in [0.5, 0.6) is 0 Å². The van der Waals surface area contributed by atoms with E-state index in [1.54, 1.807) is 51.1 Å². The molecule has 0 fully saturated rings. The molecule has 0 bridgehead atoms. The van der Waals surface area contributed by atoms with E-state index < -0.39 is 47.6 Å². The van der Waals surface area contributed by atoms with Gasteiger partial charge < -0.3 is 25.1 Å². The molecule has 1 rings (SSSR count). The number of benzene rings is 1. The first-order chi connectivity index (χ1) is 13.6. The number of carbonyl (C=O) groups excluding carboxylic acids is 4. The highest BCUT2D eigenvalue weighted by atomic mass is 16.6. The van der Waals surface area contributed by atoms with Gasteiger partial charge in [0.1, 0.15) is 18.2 Å². The zero-order valence-corrected chi connectivity index (χ0v) is 16.6. The largest absolute Gasteiger partial charge is 0.460 e. The molecule has 1 amide bonds. The van der Waals surface area contributed by atoms with Gasteiger partial charge in [-0.25, -0.2) is 9.59 Å². The van der Waals surface area contributed by atoms with E-state index in [0.29, 0.717) is 5.56 Å². The van der Waals surface area contributed by atoms with Crippen LogP contribution < -0.4 is 5.32 Å². The fourth-order valence-corrected chi connectivity index (χ4v) is 2.12. The van der Waals surface area contributed by atoms with Crippen LogP contribution >= 0.6 is 0 Å². The maximum atomic E-state index is 12.5. The van der Waals surface area contributed by atoms with Crippen molar-refractivity contribution >= 4 is 29.5 Å². The summed E-state index contributed by atoms with van der Waals surface area (Å²) in [6.07, 6.45) is -1.63. The lowest BCUT2D eigenvalue weighted by atomic mass is 10.0. The SMILES string of the molecule is COC(=O)C(=[N+]=[N-])C(=O)[C@H](CC(=O)OC(C)(C)C)NC(=O)OCc1ccccc1. The maximum absolute atomic E-state index is 12.5. The standard InChI is InChI=1S/C19H23N3O7/c1-19(2,3)29-14(23)10-13(16(24)15(22-20)17(25)27-4)21-18(26)28-11-12-8-6-5-7-9-12/h5-9,13H,10-11H2,1-4H3,(H,21,26)/t13-/m0/s1. The molecule has 0 heterocycles. The molecule has 1 aromatic rings. The first kappa shape index (κ1) is 23.5. The van der Waals surface area contributed by atoms with Gasteiger partial charge in [-0.3, -0.25) is 9.59 Å². The summed E-state index contributed by atoms with van der Waals surface area (Å²) in [5.41, 5.74) is 7.84. The number of carbonyl (C=O) groups is 4. The lowest BCUT2D eigenvalue weighted by molar-refractivity contribution is -0.156. The predicted octanol–water partition coefficient (Wildman–Crippen LogP) is 1.43. The third-order valence-corrected chi connectivity index (χ3v) is 3.32. The Bertz CT molecular complexity index is 809. The lowest BCUT2D eigenvalue weighted by Gasteiger charge is -2.21. The molecule has 0 spiro atoms. The number of hydrogen-bond donors (Lipinski definition) is 1. The van der Waals surface area contributed by atoms with E-state index in [4.69, 9.17) is 15.0 Å². The molecule has 0 radical (unpaired) electrons. The molecule has 10 nitrogen and oxygen atoms in total. The van der Waals surface area contributed by atoms with Crippen LogP contribution in [0, 0.1) is 0 Å². The second kappa shape index (κ2) is 10.7. The zero-order valence-electron chi connectivity index (χ0n) is 16.6. The third kappa shape index (κ3) is 8.35. The minimum Gasteiger partial charge on any atom is -0.460 e. The number of nitrogens with zero attached hydrogens (tertiary/aromatic N) is 2. The molecule has 0 aliphatic rings. The van der Waals surface area contributed by atoms with Crippen molar-refractivity contribution in [2.45, 2.75) is 45.4 Å². The van der Waals surface area contributed by atoms with Gasteiger partial charge >= 0.3 is 23.7 Å². The number of ether oxygens (including phenoxy) is 3. The van der Waals surface area contributed by atoms with Crippen LogP contribution in [-0.2, 0) is 35.2 Å². The fraction of sp³-hybridized carbons (Fsp3) is 0.421. The number of ketones is 1. The van der Waals surface area contributed by atoms with E-state index in [9.17, 15) is 19.2 Å². The Kier molecular flexibility index (Phi) is 8.69. The number of methoxy groups -OCH3 is 1. The third-order valence-electron chi connectivity index (χ3n) is 3.32. The number of amides is 1. The van der Waals surface area contributed by atoms with Crippen LogP contribution in [0.25, 0.3) is 5.53 Å². The first-order valence-corrected chi connectivity index (χ1v) is 8.61. The second-order valence-electron chi connectivity index (χ2n) is 6.85. The molecular weight excluding hydrogens is 382 g/mol. The van der Waals surface area contributed by atoms with Crippen molar-refractivity contribution < 1.29 is 38.2 Å². The van der Waals surface area contributed by atoms with Crippen LogP contribution in [0.3, 0.4) is 0 Å². The van der Waals surface area contributed by atoms with Crippen LogP contribution in [-0.4, -0.2) is 53.1 Å². The van der Waals surface area contributed by atoms with E-state index >= 15 is 0 Å². The molecular formula is C19H23N3O7. The average molecular weight is 405 g/mol. The molecule has 0 aliphatic carbocycles. The average Bonchev–Trinajstić information content (AvgIpc) is 2.65. The van der Waals surface area contributed by atoms with Crippen LogP contribution in [0.2, 0.25) is 0 Å². The highest BCUT2D eigenvalue weighted by Gasteiger charge is 2.39. The summed E-state index contributed by atoms with van der Waals surface area (Å²) >= 11 is 0. The van der Waals surface area contributed by atoms with Gasteiger partial charge in [0.15, 0.2) is 0 Å². The van der Waals surface area contributed by atoms with E-state index in [1.165, 1.54) is 0 Å². The summed E-state index contributed by atoms with van der Waals surface area (Å²) in [4.78, 5) is 50.9. The summed E-state index contributed by atoms with van der Waals surface area (Å²) in [5, 5.41) is 2.19. The van der Waals surface area contributed by atoms with E-state index in [1.807, 2.05) is 0 Å². The quantitative estimate of drug-likeness (QED) is 0.172. The van der Waals surface area contributed by atoms with Crippen molar-refractivity contribution in [3.63, 3.8) is 0 Å². The maximum Gasteiger partial charge on any atom is 0.443 e. The molecule has 0 saturated carbocycles. The predicted molar refractivity (Wildman–Crippen MR) is 99.7 cm³/mol. The molecule has 0 aliphatic heterocycles. The number of esters is 2. The lowest BCUT2D eigenvalue weighted by Crippen LogP contribution is -2.48. The summed E-state index contributed by atoms with van der Waals surface area (Å²) in [6, 6.07) is 7.19. The van der Waals surface area contributed by atoms with Gasteiger partial charge in [0.25, 0.3) is 5.78 Å². The van der Waals surface area contributed by atoms with Crippen molar-refractivity contribution in [2.75, 3.05) is 7.11 Å². The molecule has 0 saturated heterocycles. The number of alkyl carbamates (subject to hydrolysis) is 1. The normalized spacial score (nSPS) is 11.4. The van der Waals surface area contributed by atoms with E-state index in [0.717, 1.165) is 7.11 Å². The molecule has 0 aromatic heterocycles. The molecule has 1 aromatic carbocycles. The van der Waals surface area contributed by atoms with Gasteiger partial charge in [-0.05, 0) is 26.3 Å².